The van der Waals surface area contributed by atoms with E-state index in [9.17, 15) is 22.0 Å². The summed E-state index contributed by atoms with van der Waals surface area (Å²) < 4.78 is 59.9. The standard InChI is InChI=1S/C9H7F2O5S.Al.2H/c10-9(11,17(13,14)15)6-16-8(12)7-4-2-1-3-5-7;;;/h1-6H,(H,13,14,15);;;. The van der Waals surface area contributed by atoms with E-state index >= 15 is 0 Å². The van der Waals surface area contributed by atoms with E-state index in [4.69, 9.17) is 4.55 Å². The highest BCUT2D eigenvalue weighted by Crippen LogP contribution is 2.26. The Labute approximate surface area is 110 Å². The van der Waals surface area contributed by atoms with Crippen molar-refractivity contribution in [1.82, 2.24) is 0 Å². The average Bonchev–Trinajstić information content (AvgIpc) is 2.28. The van der Waals surface area contributed by atoms with Crippen LogP contribution in [0, 0.1) is 0 Å². The smallest absolute Gasteiger partial charge is 0.391 e. The molecule has 0 fully saturated rings. The first-order valence-corrected chi connectivity index (χ1v) is 7.36. The second-order valence-electron chi connectivity index (χ2n) is 3.45. The van der Waals surface area contributed by atoms with Gasteiger partial charge in [-0.15, -0.1) is 0 Å². The molecule has 1 rings (SSSR count). The van der Waals surface area contributed by atoms with Crippen molar-refractivity contribution < 1.29 is 31.3 Å². The van der Waals surface area contributed by atoms with Crippen LogP contribution in [0.3, 0.4) is 0 Å². The van der Waals surface area contributed by atoms with Gasteiger partial charge < -0.3 is 4.74 Å². The molecule has 0 saturated carbocycles. The number of alkyl halides is 2. The Morgan fingerprint density at radius 3 is 2.28 bits per heavy atom. The van der Waals surface area contributed by atoms with Crippen LogP contribution in [0.2, 0.25) is 0 Å². The highest BCUT2D eigenvalue weighted by Gasteiger charge is 2.51. The van der Waals surface area contributed by atoms with Gasteiger partial charge in [-0.05, 0) is 12.1 Å². The molecule has 18 heavy (non-hydrogen) atoms. The van der Waals surface area contributed by atoms with Gasteiger partial charge in [0.15, 0.2) is 0 Å². The Bertz CT molecular complexity index is 531. The minimum Gasteiger partial charge on any atom is -0.469 e. The molecule has 0 saturated heterocycles. The molecule has 1 atom stereocenters. The monoisotopic (exact) mass is 294 g/mol. The fourth-order valence-electron chi connectivity index (χ4n) is 1.08. The molecular weight excluding hydrogens is 285 g/mol. The molecule has 5 nitrogen and oxygen atoms in total. The van der Waals surface area contributed by atoms with Crippen LogP contribution < -0.4 is 0 Å². The zero-order valence-electron chi connectivity index (χ0n) is 9.21. The molecule has 0 bridgehead atoms. The molecule has 0 amide bonds. The van der Waals surface area contributed by atoms with Gasteiger partial charge in [-0.25, -0.2) is 4.79 Å². The summed E-state index contributed by atoms with van der Waals surface area (Å²) in [6.07, 6.45) is 0. The number of carbonyl (C=O) groups is 1. The van der Waals surface area contributed by atoms with Gasteiger partial charge in [0.05, 0.1) is 5.56 Å². The molecule has 1 aromatic rings. The summed E-state index contributed by atoms with van der Waals surface area (Å²) in [6, 6.07) is 7.28. The van der Waals surface area contributed by atoms with Gasteiger partial charge in [-0.1, -0.05) is 18.2 Å². The predicted octanol–water partition coefficient (Wildman–Crippen LogP) is 0.283. The fourth-order valence-corrected chi connectivity index (χ4v) is 2.66. The summed E-state index contributed by atoms with van der Waals surface area (Å²) in [6.45, 7) is 0. The lowest BCUT2D eigenvalue weighted by Crippen LogP contribution is -2.44. The molecule has 0 spiro atoms. The van der Waals surface area contributed by atoms with Gasteiger partial charge in [0.1, 0.15) is 4.97 Å². The minimum absolute atomic E-state index is 0.0180. The van der Waals surface area contributed by atoms with Crippen molar-refractivity contribution in [3.05, 3.63) is 35.9 Å². The highest BCUT2D eigenvalue weighted by molar-refractivity contribution is 7.87. The Kier molecular flexibility index (Phi) is 4.45. The third-order valence-corrected chi connectivity index (χ3v) is 4.51. The Morgan fingerprint density at radius 1 is 1.33 bits per heavy atom. The van der Waals surface area contributed by atoms with E-state index in [1.54, 1.807) is 6.07 Å². The molecule has 0 radical (unpaired) electrons. The average molecular weight is 294 g/mol. The van der Waals surface area contributed by atoms with Crippen LogP contribution in [0.1, 0.15) is 10.4 Å². The molecule has 0 aliphatic rings. The van der Waals surface area contributed by atoms with Crippen LogP contribution in [-0.2, 0) is 14.9 Å². The summed E-state index contributed by atoms with van der Waals surface area (Å²) in [7, 11) is -5.61. The van der Waals surface area contributed by atoms with E-state index in [2.05, 4.69) is 4.74 Å². The van der Waals surface area contributed by atoms with E-state index in [0.29, 0.717) is 0 Å². The maximum Gasteiger partial charge on any atom is 0.391 e. The number of esters is 1. The number of halogens is 2. The predicted molar refractivity (Wildman–Crippen MR) is 60.7 cm³/mol. The Balaban J connectivity index is 2.84. The van der Waals surface area contributed by atoms with Crippen molar-refractivity contribution >= 4 is 32.4 Å². The number of carbonyl (C=O) groups excluding carboxylic acids is 1. The lowest BCUT2D eigenvalue weighted by Gasteiger charge is -2.21. The van der Waals surface area contributed by atoms with Crippen molar-refractivity contribution in [2.24, 2.45) is 0 Å². The van der Waals surface area contributed by atoms with E-state index in [-0.39, 0.29) is 5.56 Å². The summed E-state index contributed by atoms with van der Waals surface area (Å²) in [5.41, 5.74) is 0.0180. The zero-order chi connectivity index (χ0) is 14.0. The molecule has 9 heteroatoms. The van der Waals surface area contributed by atoms with Gasteiger partial charge in [0.25, 0.3) is 16.3 Å². The first-order valence-electron chi connectivity index (χ1n) is 4.77. The molecule has 0 aromatic heterocycles. The molecule has 98 valence electrons. The minimum atomic E-state index is -5.61. The van der Waals surface area contributed by atoms with E-state index in [1.165, 1.54) is 24.3 Å². The number of hydrogen-bond donors (Lipinski definition) is 1. The van der Waals surface area contributed by atoms with Gasteiger partial charge >= 0.3 is 21.3 Å². The van der Waals surface area contributed by atoms with Crippen molar-refractivity contribution in [3.63, 3.8) is 0 Å². The van der Waals surface area contributed by atoms with Crippen molar-refractivity contribution in [2.45, 2.75) is 10.2 Å². The van der Waals surface area contributed by atoms with E-state index in [0.717, 1.165) is 0 Å². The summed E-state index contributed by atoms with van der Waals surface area (Å²) in [5.74, 6) is -1.07. The largest absolute Gasteiger partial charge is 0.469 e. The molecule has 1 unspecified atom stereocenters. The van der Waals surface area contributed by atoms with E-state index < -0.39 is 42.6 Å². The zero-order valence-corrected chi connectivity index (χ0v) is 12.0. The number of rotatable bonds is 4. The van der Waals surface area contributed by atoms with Crippen molar-refractivity contribution in [2.75, 3.05) is 0 Å². The third kappa shape index (κ3) is 3.26. The summed E-state index contributed by atoms with van der Waals surface area (Å²) in [5, 5.41) is -4.50. The van der Waals surface area contributed by atoms with Gasteiger partial charge in [0, 0.05) is 0 Å². The second-order valence-corrected chi connectivity index (χ2v) is 5.99. The van der Waals surface area contributed by atoms with Crippen LogP contribution in [0.15, 0.2) is 30.3 Å². The normalized spacial score (nSPS) is 13.9. The lowest BCUT2D eigenvalue weighted by molar-refractivity contribution is -0.0286. The molecule has 1 aromatic carbocycles. The van der Waals surface area contributed by atoms with Gasteiger partial charge in [-0.2, -0.15) is 17.2 Å². The maximum atomic E-state index is 13.1. The van der Waals surface area contributed by atoms with Crippen LogP contribution >= 0.6 is 0 Å². The number of ether oxygens (including phenoxy) is 1. The first-order chi connectivity index (χ1) is 8.16. The van der Waals surface area contributed by atoms with Crippen LogP contribution in [0.5, 0.6) is 0 Å². The van der Waals surface area contributed by atoms with E-state index in [1.807, 2.05) is 0 Å². The first kappa shape index (κ1) is 15.1. The third-order valence-electron chi connectivity index (χ3n) is 2.11. The number of benzene rings is 1. The van der Waals surface area contributed by atoms with Crippen molar-refractivity contribution in [3.8, 4) is 0 Å². The van der Waals surface area contributed by atoms with Gasteiger partial charge in [-0.3, -0.25) is 4.55 Å². The summed E-state index contributed by atoms with van der Waals surface area (Å²) in [4.78, 5) is 9.25. The second kappa shape index (κ2) is 5.32. The Hall–Kier alpha value is -1.01. The summed E-state index contributed by atoms with van der Waals surface area (Å²) >= 11 is -0.455. The topological polar surface area (TPSA) is 80.7 Å². The van der Waals surface area contributed by atoms with Crippen LogP contribution in [0.4, 0.5) is 8.78 Å². The fraction of sp³-hybridized carbons (Fsp3) is 0.222. The molecule has 0 aliphatic heterocycles. The molecule has 0 aliphatic carbocycles. The molecule has 1 N–H and O–H groups in total. The Morgan fingerprint density at radius 2 is 1.83 bits per heavy atom. The lowest BCUT2D eigenvalue weighted by atomic mass is 10.2. The molecular formula is C9H9AlF2O5S. The van der Waals surface area contributed by atoms with Crippen LogP contribution in [-0.4, -0.2) is 45.5 Å². The highest BCUT2D eigenvalue weighted by atomic mass is 32.2. The molecule has 0 heterocycles. The van der Waals surface area contributed by atoms with Gasteiger partial charge in [0.2, 0.25) is 0 Å². The van der Waals surface area contributed by atoms with Crippen LogP contribution in [0.25, 0.3) is 0 Å². The number of hydrogen-bond acceptors (Lipinski definition) is 4. The maximum absolute atomic E-state index is 13.1. The SMILES string of the molecule is O=C(O[CH]([AlH2])C(F)(F)S(=O)(=O)O)c1ccccc1. The quantitative estimate of drug-likeness (QED) is 0.490. The van der Waals surface area contributed by atoms with Crippen molar-refractivity contribution in [1.29, 1.82) is 0 Å².